The number of nitrogens with zero attached hydrogens (tertiary/aromatic N) is 2. The number of carbonyl (C=O) groups is 1. The van der Waals surface area contributed by atoms with Crippen molar-refractivity contribution < 1.29 is 14.6 Å². The van der Waals surface area contributed by atoms with E-state index in [4.69, 9.17) is 4.74 Å². The normalized spacial score (nSPS) is 27.4. The molecular weight excluding hydrogens is 282 g/mol. The zero-order valence-corrected chi connectivity index (χ0v) is 12.9. The smallest absolute Gasteiger partial charge is 0.251 e. The maximum Gasteiger partial charge on any atom is 0.251 e. The lowest BCUT2D eigenvalue weighted by Gasteiger charge is -2.59. The van der Waals surface area contributed by atoms with Gasteiger partial charge in [-0.1, -0.05) is 0 Å². The summed E-state index contributed by atoms with van der Waals surface area (Å²) in [5.41, 5.74) is 0.0461. The molecule has 1 aliphatic heterocycles. The highest BCUT2D eigenvalue weighted by molar-refractivity contribution is 5.94. The van der Waals surface area contributed by atoms with E-state index in [-0.39, 0.29) is 18.1 Å². The molecule has 0 bridgehead atoms. The fourth-order valence-electron chi connectivity index (χ4n) is 3.42. The second-order valence-corrected chi connectivity index (χ2v) is 6.43. The molecule has 22 heavy (non-hydrogen) atoms. The maximum absolute atomic E-state index is 12.2. The van der Waals surface area contributed by atoms with Gasteiger partial charge in [-0.2, -0.15) is 0 Å². The summed E-state index contributed by atoms with van der Waals surface area (Å²) in [4.78, 5) is 18.4. The van der Waals surface area contributed by atoms with Crippen LogP contribution in [0.5, 0.6) is 0 Å². The van der Waals surface area contributed by atoms with Gasteiger partial charge >= 0.3 is 0 Å². The Morgan fingerprint density at radius 3 is 2.73 bits per heavy atom. The van der Waals surface area contributed by atoms with Gasteiger partial charge in [0.1, 0.15) is 0 Å². The van der Waals surface area contributed by atoms with Crippen LogP contribution in [0.2, 0.25) is 0 Å². The number of hydrogen-bond acceptors (Lipinski definition) is 5. The quantitative estimate of drug-likeness (QED) is 0.844. The molecule has 6 nitrogen and oxygen atoms in total. The van der Waals surface area contributed by atoms with Gasteiger partial charge in [0.25, 0.3) is 5.91 Å². The third kappa shape index (κ3) is 2.51. The van der Waals surface area contributed by atoms with Gasteiger partial charge in [0.05, 0.1) is 25.4 Å². The first kappa shape index (κ1) is 15.4. The summed E-state index contributed by atoms with van der Waals surface area (Å²) < 4.78 is 5.78. The molecule has 1 saturated heterocycles. The number of hydrogen-bond donors (Lipinski definition) is 2. The number of carbonyl (C=O) groups excluding carboxylic acids is 1. The number of pyridine rings is 1. The lowest BCUT2D eigenvalue weighted by molar-refractivity contribution is -0.179. The molecule has 2 fully saturated rings. The molecule has 1 amide bonds. The predicted octanol–water partition coefficient (Wildman–Crippen LogP) is 0.427. The first-order valence-electron chi connectivity index (χ1n) is 7.73. The highest BCUT2D eigenvalue weighted by atomic mass is 16.5. The van der Waals surface area contributed by atoms with E-state index in [1.807, 2.05) is 7.05 Å². The van der Waals surface area contributed by atoms with Gasteiger partial charge in [-0.25, -0.2) is 0 Å². The van der Waals surface area contributed by atoms with Crippen LogP contribution in [0.1, 0.15) is 29.6 Å². The van der Waals surface area contributed by atoms with Crippen molar-refractivity contribution in [2.75, 3.05) is 33.4 Å². The number of morpholine rings is 1. The van der Waals surface area contributed by atoms with Crippen molar-refractivity contribution in [2.24, 2.45) is 0 Å². The molecule has 1 aliphatic carbocycles. The molecule has 2 heterocycles. The van der Waals surface area contributed by atoms with E-state index in [1.165, 1.54) is 6.42 Å². The molecule has 1 atom stereocenters. The third-order valence-electron chi connectivity index (χ3n) is 5.26. The first-order chi connectivity index (χ1) is 10.6. The van der Waals surface area contributed by atoms with E-state index >= 15 is 0 Å². The summed E-state index contributed by atoms with van der Waals surface area (Å²) in [6, 6.07) is 3.35. The Labute approximate surface area is 130 Å². The predicted molar refractivity (Wildman–Crippen MR) is 81.6 cm³/mol. The molecule has 1 unspecified atom stereocenters. The van der Waals surface area contributed by atoms with Gasteiger partial charge in [0, 0.05) is 30.0 Å². The molecule has 2 aliphatic rings. The topological polar surface area (TPSA) is 74.7 Å². The average molecular weight is 305 g/mol. The maximum atomic E-state index is 12.2. The number of likely N-dealkylation sites (N-methyl/N-ethyl adjacent to an activating group) is 1. The Hall–Kier alpha value is -1.50. The van der Waals surface area contributed by atoms with Gasteiger partial charge in [-0.05, 0) is 38.4 Å². The van der Waals surface area contributed by atoms with Gasteiger partial charge < -0.3 is 15.2 Å². The molecule has 6 heteroatoms. The van der Waals surface area contributed by atoms with Gasteiger partial charge in [0.15, 0.2) is 0 Å². The van der Waals surface area contributed by atoms with Crippen LogP contribution in [0.3, 0.4) is 0 Å². The zero-order chi connectivity index (χ0) is 15.6. The summed E-state index contributed by atoms with van der Waals surface area (Å²) in [5, 5.41) is 12.9. The number of ether oxygens (including phenoxy) is 1. The molecule has 1 aromatic heterocycles. The van der Waals surface area contributed by atoms with Crippen molar-refractivity contribution in [1.82, 2.24) is 15.2 Å². The fraction of sp³-hybridized carbons (Fsp3) is 0.625. The lowest BCUT2D eigenvalue weighted by atomic mass is 9.72. The van der Waals surface area contributed by atoms with Crippen LogP contribution in [0.25, 0.3) is 0 Å². The van der Waals surface area contributed by atoms with Gasteiger partial charge in [-0.15, -0.1) is 0 Å². The molecule has 0 aromatic carbocycles. The number of aliphatic hydroxyl groups is 1. The average Bonchev–Trinajstić information content (AvgIpc) is 2.53. The molecule has 0 radical (unpaired) electrons. The summed E-state index contributed by atoms with van der Waals surface area (Å²) >= 11 is 0. The fourth-order valence-corrected chi connectivity index (χ4v) is 3.42. The molecule has 1 aromatic rings. The van der Waals surface area contributed by atoms with Crippen molar-refractivity contribution in [3.8, 4) is 0 Å². The van der Waals surface area contributed by atoms with Gasteiger partial charge in [-0.3, -0.25) is 14.7 Å². The number of amides is 1. The van der Waals surface area contributed by atoms with Crippen LogP contribution < -0.4 is 5.32 Å². The number of aliphatic hydroxyl groups excluding tert-OH is 1. The van der Waals surface area contributed by atoms with Crippen LogP contribution in [-0.2, 0) is 4.74 Å². The number of nitrogens with one attached hydrogen (secondary N) is 1. The minimum absolute atomic E-state index is 0.0301. The summed E-state index contributed by atoms with van der Waals surface area (Å²) in [5.74, 6) is -0.156. The molecule has 2 N–H and O–H groups in total. The second-order valence-electron chi connectivity index (χ2n) is 6.43. The largest absolute Gasteiger partial charge is 0.394 e. The van der Waals surface area contributed by atoms with Crippen molar-refractivity contribution in [3.63, 3.8) is 0 Å². The summed E-state index contributed by atoms with van der Waals surface area (Å²) in [7, 11) is 2.04. The Morgan fingerprint density at radius 2 is 2.14 bits per heavy atom. The second kappa shape index (κ2) is 5.95. The van der Waals surface area contributed by atoms with Crippen LogP contribution in [0, 0.1) is 0 Å². The van der Waals surface area contributed by atoms with E-state index in [0.717, 1.165) is 12.8 Å². The molecule has 120 valence electrons. The molecule has 3 rings (SSSR count). The van der Waals surface area contributed by atoms with Crippen molar-refractivity contribution in [2.45, 2.75) is 30.3 Å². The molecular formula is C16H23N3O3. The van der Waals surface area contributed by atoms with E-state index in [0.29, 0.717) is 25.3 Å². The van der Waals surface area contributed by atoms with E-state index in [1.54, 1.807) is 24.5 Å². The number of aromatic nitrogens is 1. The minimum atomic E-state index is -0.554. The van der Waals surface area contributed by atoms with Gasteiger partial charge in [0.2, 0.25) is 0 Å². The van der Waals surface area contributed by atoms with E-state index in [9.17, 15) is 9.90 Å². The Morgan fingerprint density at radius 1 is 1.41 bits per heavy atom. The van der Waals surface area contributed by atoms with E-state index < -0.39 is 5.54 Å². The zero-order valence-electron chi connectivity index (χ0n) is 12.9. The highest BCUT2D eigenvalue weighted by Crippen LogP contribution is 2.43. The standard InChI is InChI=1S/C16H23N3O3/c1-19-15(5-2-6-15)11-22-12-16(19,10-20)9-18-14(21)13-3-7-17-8-4-13/h3-4,7-8,20H,2,5-6,9-12H2,1H3,(H,18,21). The van der Waals surface area contributed by atoms with Crippen molar-refractivity contribution in [3.05, 3.63) is 30.1 Å². The lowest BCUT2D eigenvalue weighted by Crippen LogP contribution is -2.73. The Balaban J connectivity index is 1.69. The van der Waals surface area contributed by atoms with Crippen LogP contribution >= 0.6 is 0 Å². The first-order valence-corrected chi connectivity index (χ1v) is 7.73. The van der Waals surface area contributed by atoms with E-state index in [2.05, 4.69) is 15.2 Å². The molecule has 1 spiro atoms. The summed E-state index contributed by atoms with van der Waals surface area (Å²) in [6.07, 6.45) is 6.55. The SMILES string of the molecule is CN1C2(CCC2)COCC1(CO)CNC(=O)c1ccncc1. The Bertz CT molecular complexity index is 533. The van der Waals surface area contributed by atoms with Crippen molar-refractivity contribution >= 4 is 5.91 Å². The van der Waals surface area contributed by atoms with Crippen LogP contribution in [-0.4, -0.2) is 65.4 Å². The van der Waals surface area contributed by atoms with Crippen LogP contribution in [0.15, 0.2) is 24.5 Å². The van der Waals surface area contributed by atoms with Crippen LogP contribution in [0.4, 0.5) is 0 Å². The van der Waals surface area contributed by atoms with Crippen molar-refractivity contribution in [1.29, 1.82) is 0 Å². The summed E-state index contributed by atoms with van der Waals surface area (Å²) in [6.45, 7) is 1.46. The number of rotatable bonds is 4. The third-order valence-corrected chi connectivity index (χ3v) is 5.26. The monoisotopic (exact) mass is 305 g/mol. The minimum Gasteiger partial charge on any atom is -0.394 e. The highest BCUT2D eigenvalue weighted by Gasteiger charge is 2.53. The molecule has 1 saturated carbocycles. The Kier molecular flexibility index (Phi) is 4.16.